The quantitative estimate of drug-likeness (QED) is 0.178. The second kappa shape index (κ2) is 10.5. The zero-order valence-electron chi connectivity index (χ0n) is 21.1. The number of aryl methyl sites for hydroxylation is 1. The number of hydrogen-bond acceptors (Lipinski definition) is 2. The monoisotopic (exact) mass is 518 g/mol. The first-order valence-corrected chi connectivity index (χ1v) is 14.5. The Morgan fingerprint density at radius 2 is 1.46 bits per heavy atom. The number of thioether (sulfide) groups is 1. The van der Waals surface area contributed by atoms with E-state index in [2.05, 4.69) is 134 Å². The van der Waals surface area contributed by atoms with E-state index in [1.807, 2.05) is 23.1 Å². The van der Waals surface area contributed by atoms with Crippen LogP contribution >= 0.6 is 23.1 Å². The number of nitrogens with one attached hydrogen (secondary N) is 1. The average Bonchev–Trinajstić information content (AvgIpc) is 3.50. The molecule has 2 heterocycles. The Morgan fingerprint density at radius 3 is 2.27 bits per heavy atom. The Balaban J connectivity index is 1.19. The maximum Gasteiger partial charge on any atom is 0.262 e. The molecule has 1 atom stereocenters. The topological polar surface area (TPSA) is 8.32 Å². The van der Waals surface area contributed by atoms with Crippen LogP contribution in [0.25, 0.3) is 37.8 Å². The molecule has 1 N–H and O–H groups in total. The number of fused-ring (bicyclic) bond motifs is 6. The van der Waals surface area contributed by atoms with Crippen molar-refractivity contribution in [3.05, 3.63) is 119 Å². The lowest BCUT2D eigenvalue weighted by atomic mass is 10.1. The third kappa shape index (κ3) is 4.46. The van der Waals surface area contributed by atoms with Crippen LogP contribution in [0.4, 0.5) is 5.69 Å². The summed E-state index contributed by atoms with van der Waals surface area (Å²) in [6, 6.07) is 26.4. The molecular weight excluding hydrogens is 489 g/mol. The van der Waals surface area contributed by atoms with Crippen molar-refractivity contribution in [3.63, 3.8) is 0 Å². The molecule has 1 aromatic heterocycles. The van der Waals surface area contributed by atoms with Crippen LogP contribution in [0, 0.1) is 0 Å². The van der Waals surface area contributed by atoms with E-state index in [0.717, 1.165) is 13.1 Å². The fraction of sp³-hybridized carbons (Fsp3) is 0.121. The van der Waals surface area contributed by atoms with Gasteiger partial charge in [-0.2, -0.15) is 4.57 Å². The van der Waals surface area contributed by atoms with Crippen molar-refractivity contribution in [2.45, 2.75) is 25.3 Å². The fourth-order valence-electron chi connectivity index (χ4n) is 5.22. The summed E-state index contributed by atoms with van der Waals surface area (Å²) in [5.74, 6) is 0. The molecular formula is C33H30N2S2+2. The van der Waals surface area contributed by atoms with E-state index in [0.29, 0.717) is 0 Å². The van der Waals surface area contributed by atoms with Gasteiger partial charge >= 0.3 is 0 Å². The van der Waals surface area contributed by atoms with Crippen LogP contribution in [-0.4, -0.2) is 6.54 Å². The molecule has 0 radical (unpaired) electrons. The normalized spacial score (nSPS) is 17.0. The van der Waals surface area contributed by atoms with Gasteiger partial charge in [-0.05, 0) is 60.6 Å². The first kappa shape index (κ1) is 23.9. The Morgan fingerprint density at radius 1 is 0.757 bits per heavy atom. The van der Waals surface area contributed by atoms with Gasteiger partial charge in [-0.1, -0.05) is 90.2 Å². The lowest BCUT2D eigenvalue weighted by molar-refractivity contribution is -0.776. The lowest BCUT2D eigenvalue weighted by Crippen LogP contribution is -3.03. The minimum atomic E-state index is 0.955. The van der Waals surface area contributed by atoms with Crippen LogP contribution in [0.1, 0.15) is 18.9 Å². The summed E-state index contributed by atoms with van der Waals surface area (Å²) in [4.78, 5) is 2.82. The van der Waals surface area contributed by atoms with E-state index in [1.54, 1.807) is 0 Å². The number of thiazole rings is 1. The van der Waals surface area contributed by atoms with Gasteiger partial charge in [0.05, 0.1) is 16.8 Å². The van der Waals surface area contributed by atoms with Gasteiger partial charge < -0.3 is 0 Å². The van der Waals surface area contributed by atoms with Gasteiger partial charge in [-0.25, -0.2) is 0 Å². The Bertz CT molecular complexity index is 1740. The molecule has 0 bridgehead atoms. The maximum atomic E-state index is 2.42. The molecule has 182 valence electrons. The van der Waals surface area contributed by atoms with E-state index < -0.39 is 0 Å². The second-order valence-electron chi connectivity index (χ2n) is 9.07. The molecule has 0 saturated heterocycles. The molecule has 37 heavy (non-hydrogen) atoms. The summed E-state index contributed by atoms with van der Waals surface area (Å²) in [5, 5.41) is 7.93. The van der Waals surface area contributed by atoms with Crippen molar-refractivity contribution in [3.8, 4) is 0 Å². The Labute approximate surface area is 226 Å². The third-order valence-electron chi connectivity index (χ3n) is 6.92. The fourth-order valence-corrected chi connectivity index (χ4v) is 7.60. The van der Waals surface area contributed by atoms with Gasteiger partial charge in [-0.3, -0.25) is 4.90 Å². The minimum Gasteiger partial charge on any atom is -0.263 e. The summed E-state index contributed by atoms with van der Waals surface area (Å²) in [6.07, 6.45) is 15.1. The molecule has 5 aromatic rings. The summed E-state index contributed by atoms with van der Waals surface area (Å²) in [7, 11) is 0. The summed E-state index contributed by atoms with van der Waals surface area (Å²) < 4.78 is 3.76. The van der Waals surface area contributed by atoms with Crippen molar-refractivity contribution in [1.82, 2.24) is 0 Å². The van der Waals surface area contributed by atoms with Crippen molar-refractivity contribution < 1.29 is 9.47 Å². The Hall–Kier alpha value is -3.44. The second-order valence-corrected chi connectivity index (χ2v) is 11.2. The zero-order chi connectivity index (χ0) is 25.2. The number of nitrogens with zero attached hydrogens (tertiary/aromatic N) is 1. The van der Waals surface area contributed by atoms with Crippen LogP contribution in [0.5, 0.6) is 0 Å². The van der Waals surface area contributed by atoms with Gasteiger partial charge in [0.2, 0.25) is 5.52 Å². The van der Waals surface area contributed by atoms with Crippen molar-refractivity contribution in [2.24, 2.45) is 0 Å². The number of benzene rings is 4. The zero-order valence-corrected chi connectivity index (χ0v) is 22.8. The third-order valence-corrected chi connectivity index (χ3v) is 9.20. The minimum absolute atomic E-state index is 0.955. The van der Waals surface area contributed by atoms with Gasteiger partial charge in [-0.15, -0.1) is 0 Å². The highest BCUT2D eigenvalue weighted by atomic mass is 32.2. The summed E-state index contributed by atoms with van der Waals surface area (Å²) in [6.45, 7) is 6.47. The van der Waals surface area contributed by atoms with Crippen LogP contribution in [0.2, 0.25) is 0 Å². The van der Waals surface area contributed by atoms with E-state index in [9.17, 15) is 0 Å². The first-order valence-electron chi connectivity index (χ1n) is 12.9. The molecule has 0 fully saturated rings. The SMILES string of the molecule is CC[n+]1c(/C=C/C=C/C=C/C=C2\Sc3ccc4ccccc4c3[NH+]2CC)sc2ccc3ccccc3c21. The van der Waals surface area contributed by atoms with E-state index in [1.165, 1.54) is 57.3 Å². The number of allylic oxidation sites excluding steroid dienone is 6. The largest absolute Gasteiger partial charge is 0.263 e. The molecule has 6 rings (SSSR count). The van der Waals surface area contributed by atoms with E-state index in [4.69, 9.17) is 0 Å². The highest BCUT2D eigenvalue weighted by Crippen LogP contribution is 2.39. The van der Waals surface area contributed by atoms with Crippen molar-refractivity contribution >= 4 is 66.6 Å². The summed E-state index contributed by atoms with van der Waals surface area (Å²) >= 11 is 3.74. The Kier molecular flexibility index (Phi) is 6.79. The molecule has 2 nitrogen and oxygen atoms in total. The molecule has 1 aliphatic heterocycles. The van der Waals surface area contributed by atoms with Crippen molar-refractivity contribution in [1.29, 1.82) is 0 Å². The molecule has 0 aliphatic carbocycles. The van der Waals surface area contributed by atoms with Crippen LogP contribution < -0.4 is 9.47 Å². The molecule has 0 amide bonds. The van der Waals surface area contributed by atoms with Gasteiger partial charge in [0.1, 0.15) is 11.2 Å². The average molecular weight is 519 g/mol. The highest BCUT2D eigenvalue weighted by molar-refractivity contribution is 8.03. The van der Waals surface area contributed by atoms with E-state index in [-0.39, 0.29) is 0 Å². The predicted molar refractivity (Wildman–Crippen MR) is 162 cm³/mol. The van der Waals surface area contributed by atoms with Gasteiger partial charge in [0, 0.05) is 17.5 Å². The number of rotatable bonds is 6. The van der Waals surface area contributed by atoms with Gasteiger partial charge in [0.15, 0.2) is 10.7 Å². The first-order chi connectivity index (χ1) is 18.3. The number of aromatic nitrogens is 1. The smallest absolute Gasteiger partial charge is 0.262 e. The van der Waals surface area contributed by atoms with E-state index >= 15 is 0 Å². The summed E-state index contributed by atoms with van der Waals surface area (Å²) in [5.41, 5.74) is 2.76. The lowest BCUT2D eigenvalue weighted by Gasteiger charge is -2.12. The van der Waals surface area contributed by atoms with Crippen LogP contribution in [-0.2, 0) is 6.54 Å². The number of hydrogen-bond donors (Lipinski definition) is 1. The van der Waals surface area contributed by atoms with Crippen LogP contribution in [0.15, 0.2) is 119 Å². The molecule has 4 heteroatoms. The standard InChI is InChI=1S/C33H29N2S2/c1-3-34-30(36-28-22-20-24-14-10-12-16-26(24)32(28)34)18-8-6-5-7-9-19-31-35(4-2)33-27-17-13-11-15-25(27)21-23-29(33)37-31/h5-23H,3-4H2,1-2H3/q+1/p+1. The molecule has 4 aromatic carbocycles. The van der Waals surface area contributed by atoms with Gasteiger partial charge in [0.25, 0.3) is 5.01 Å². The molecule has 0 spiro atoms. The van der Waals surface area contributed by atoms with Crippen LogP contribution in [0.3, 0.4) is 0 Å². The predicted octanol–water partition coefficient (Wildman–Crippen LogP) is 7.82. The maximum absolute atomic E-state index is 2.42. The molecule has 1 unspecified atom stereocenters. The molecule has 0 saturated carbocycles. The number of quaternary nitrogens is 1. The molecule has 1 aliphatic rings. The van der Waals surface area contributed by atoms with Crippen molar-refractivity contribution in [2.75, 3.05) is 6.54 Å². The highest BCUT2D eigenvalue weighted by Gasteiger charge is 2.31.